The van der Waals surface area contributed by atoms with Crippen LogP contribution in [0.15, 0.2) is 34.7 Å². The molecule has 1 aliphatic carbocycles. The summed E-state index contributed by atoms with van der Waals surface area (Å²) in [6, 6.07) is 9.51. The summed E-state index contributed by atoms with van der Waals surface area (Å²) in [7, 11) is 0. The second-order valence-electron chi connectivity index (χ2n) is 6.85. The summed E-state index contributed by atoms with van der Waals surface area (Å²) in [5.74, 6) is 1.42. The summed E-state index contributed by atoms with van der Waals surface area (Å²) < 4.78 is 11.8. The molecule has 0 spiro atoms. The lowest BCUT2D eigenvalue weighted by atomic mass is 9.89. The highest BCUT2D eigenvalue weighted by atomic mass is 35.5. The standard InChI is InChI=1S/C20H22ClNO3/c1-13-16(12-19(25-13)14-6-8-15(21)9-7-14)20(23)22-10-11-24-18-5-3-2-4-17(18)22/h6-9,12,17-18H,2-5,10-11H2,1H3/t17-,18-/m1/s1. The highest BCUT2D eigenvalue weighted by molar-refractivity contribution is 6.30. The lowest BCUT2D eigenvalue weighted by Crippen LogP contribution is -2.54. The van der Waals surface area contributed by atoms with Crippen LogP contribution in [0.5, 0.6) is 0 Å². The average molecular weight is 360 g/mol. The Bertz CT molecular complexity index is 766. The first kappa shape index (κ1) is 16.7. The third-order valence-corrected chi connectivity index (χ3v) is 5.52. The summed E-state index contributed by atoms with van der Waals surface area (Å²) in [5, 5.41) is 0.681. The van der Waals surface area contributed by atoms with E-state index in [1.165, 1.54) is 6.42 Å². The summed E-state index contributed by atoms with van der Waals surface area (Å²) in [4.78, 5) is 15.2. The minimum Gasteiger partial charge on any atom is -0.461 e. The van der Waals surface area contributed by atoms with Crippen molar-refractivity contribution in [2.75, 3.05) is 13.2 Å². The molecule has 5 heteroatoms. The van der Waals surface area contributed by atoms with Crippen molar-refractivity contribution >= 4 is 17.5 Å². The Morgan fingerprint density at radius 3 is 2.76 bits per heavy atom. The summed E-state index contributed by atoms with van der Waals surface area (Å²) in [5.41, 5.74) is 1.57. The highest BCUT2D eigenvalue weighted by Crippen LogP contribution is 2.32. The van der Waals surface area contributed by atoms with Gasteiger partial charge in [-0.15, -0.1) is 0 Å². The maximum absolute atomic E-state index is 13.2. The lowest BCUT2D eigenvalue weighted by molar-refractivity contribution is -0.0753. The number of amides is 1. The summed E-state index contributed by atoms with van der Waals surface area (Å²) >= 11 is 5.95. The first-order valence-corrected chi connectivity index (χ1v) is 9.30. The zero-order valence-corrected chi connectivity index (χ0v) is 15.1. The number of fused-ring (bicyclic) bond motifs is 1. The molecular formula is C20H22ClNO3. The molecule has 2 fully saturated rings. The van der Waals surface area contributed by atoms with Crippen molar-refractivity contribution in [2.45, 2.75) is 44.8 Å². The molecule has 1 aromatic carbocycles. The quantitative estimate of drug-likeness (QED) is 0.781. The van der Waals surface area contributed by atoms with Gasteiger partial charge in [0, 0.05) is 17.1 Å². The topological polar surface area (TPSA) is 42.7 Å². The first-order valence-electron chi connectivity index (χ1n) is 8.92. The second-order valence-corrected chi connectivity index (χ2v) is 7.28. The summed E-state index contributed by atoms with van der Waals surface area (Å²) in [6.07, 6.45) is 4.62. The number of rotatable bonds is 2. The van der Waals surface area contributed by atoms with Gasteiger partial charge < -0.3 is 14.1 Å². The Morgan fingerprint density at radius 1 is 1.20 bits per heavy atom. The number of aryl methyl sites for hydroxylation is 1. The maximum Gasteiger partial charge on any atom is 0.257 e. The number of morpholine rings is 1. The number of nitrogens with zero attached hydrogens (tertiary/aromatic N) is 1. The SMILES string of the molecule is Cc1oc(-c2ccc(Cl)cc2)cc1C(=O)N1CCO[C@@H]2CCCC[C@H]21. The van der Waals surface area contributed by atoms with Crippen molar-refractivity contribution < 1.29 is 13.9 Å². The van der Waals surface area contributed by atoms with E-state index in [2.05, 4.69) is 0 Å². The van der Waals surface area contributed by atoms with Crippen LogP contribution in [0.25, 0.3) is 11.3 Å². The van der Waals surface area contributed by atoms with Gasteiger partial charge in [-0.3, -0.25) is 4.79 Å². The van der Waals surface area contributed by atoms with E-state index < -0.39 is 0 Å². The highest BCUT2D eigenvalue weighted by Gasteiger charge is 2.37. The van der Waals surface area contributed by atoms with Crippen LogP contribution >= 0.6 is 11.6 Å². The Kier molecular flexibility index (Phi) is 4.57. The number of hydrogen-bond donors (Lipinski definition) is 0. The Hall–Kier alpha value is -1.78. The molecule has 1 saturated carbocycles. The molecule has 1 aromatic heterocycles. The molecule has 0 unspecified atom stereocenters. The number of carbonyl (C=O) groups excluding carboxylic acids is 1. The summed E-state index contributed by atoms with van der Waals surface area (Å²) in [6.45, 7) is 3.13. The van der Waals surface area contributed by atoms with Crippen LogP contribution in [0, 0.1) is 6.92 Å². The van der Waals surface area contributed by atoms with Crippen molar-refractivity contribution in [3.05, 3.63) is 46.7 Å². The van der Waals surface area contributed by atoms with Gasteiger partial charge in [0.1, 0.15) is 11.5 Å². The van der Waals surface area contributed by atoms with Gasteiger partial charge in [0.2, 0.25) is 0 Å². The zero-order valence-electron chi connectivity index (χ0n) is 14.3. The second kappa shape index (κ2) is 6.85. The molecule has 2 atom stereocenters. The van der Waals surface area contributed by atoms with E-state index in [4.69, 9.17) is 20.8 Å². The van der Waals surface area contributed by atoms with E-state index in [0.29, 0.717) is 35.3 Å². The number of halogens is 1. The molecule has 25 heavy (non-hydrogen) atoms. The van der Waals surface area contributed by atoms with Crippen LogP contribution in [-0.4, -0.2) is 36.1 Å². The molecule has 0 radical (unpaired) electrons. The van der Waals surface area contributed by atoms with E-state index >= 15 is 0 Å². The normalized spacial score (nSPS) is 23.4. The molecule has 2 heterocycles. The van der Waals surface area contributed by atoms with Crippen molar-refractivity contribution in [3.8, 4) is 11.3 Å². The molecular weight excluding hydrogens is 338 g/mol. The molecule has 4 nitrogen and oxygen atoms in total. The Balaban J connectivity index is 1.60. The monoisotopic (exact) mass is 359 g/mol. The molecule has 1 aliphatic heterocycles. The average Bonchev–Trinajstić information content (AvgIpc) is 3.03. The van der Waals surface area contributed by atoms with Gasteiger partial charge in [-0.1, -0.05) is 24.4 Å². The van der Waals surface area contributed by atoms with Crippen molar-refractivity contribution in [3.63, 3.8) is 0 Å². The van der Waals surface area contributed by atoms with Gasteiger partial charge in [-0.2, -0.15) is 0 Å². The first-order chi connectivity index (χ1) is 12.1. The van der Waals surface area contributed by atoms with E-state index in [-0.39, 0.29) is 18.1 Å². The number of hydrogen-bond acceptors (Lipinski definition) is 3. The van der Waals surface area contributed by atoms with Crippen molar-refractivity contribution in [1.82, 2.24) is 4.90 Å². The third-order valence-electron chi connectivity index (χ3n) is 5.27. The van der Waals surface area contributed by atoms with Crippen LogP contribution in [-0.2, 0) is 4.74 Å². The van der Waals surface area contributed by atoms with Crippen LogP contribution in [0.1, 0.15) is 41.8 Å². The largest absolute Gasteiger partial charge is 0.461 e. The molecule has 2 aliphatic rings. The molecule has 1 amide bonds. The molecule has 0 N–H and O–H groups in total. The number of ether oxygens (including phenoxy) is 1. The predicted octanol–water partition coefficient (Wildman–Crippen LogP) is 4.69. The number of furan rings is 1. The van der Waals surface area contributed by atoms with Gasteiger partial charge in [-0.25, -0.2) is 0 Å². The van der Waals surface area contributed by atoms with Gasteiger partial charge in [0.05, 0.1) is 24.3 Å². The Labute approximate surface area is 152 Å². The fraction of sp³-hybridized carbons (Fsp3) is 0.450. The van der Waals surface area contributed by atoms with Crippen molar-refractivity contribution in [1.29, 1.82) is 0 Å². The van der Waals surface area contributed by atoms with Gasteiger partial charge in [-0.05, 0) is 50.1 Å². The van der Waals surface area contributed by atoms with Crippen LogP contribution in [0.3, 0.4) is 0 Å². The zero-order chi connectivity index (χ0) is 17.4. The maximum atomic E-state index is 13.2. The van der Waals surface area contributed by atoms with Crippen LogP contribution in [0.4, 0.5) is 0 Å². The fourth-order valence-electron chi connectivity index (χ4n) is 3.95. The fourth-order valence-corrected chi connectivity index (χ4v) is 4.08. The predicted molar refractivity (Wildman–Crippen MR) is 96.9 cm³/mol. The van der Waals surface area contributed by atoms with Gasteiger partial charge in [0.15, 0.2) is 0 Å². The van der Waals surface area contributed by atoms with Crippen LogP contribution < -0.4 is 0 Å². The lowest BCUT2D eigenvalue weighted by Gasteiger charge is -2.43. The van der Waals surface area contributed by atoms with E-state index in [1.807, 2.05) is 42.2 Å². The molecule has 2 aromatic rings. The molecule has 0 bridgehead atoms. The molecule has 1 saturated heterocycles. The van der Waals surface area contributed by atoms with Crippen molar-refractivity contribution in [2.24, 2.45) is 0 Å². The van der Waals surface area contributed by atoms with E-state index in [1.54, 1.807) is 0 Å². The van der Waals surface area contributed by atoms with Gasteiger partial charge in [0.25, 0.3) is 5.91 Å². The molecule has 132 valence electrons. The molecule has 4 rings (SSSR count). The number of carbonyl (C=O) groups is 1. The van der Waals surface area contributed by atoms with Crippen LogP contribution in [0.2, 0.25) is 5.02 Å². The van der Waals surface area contributed by atoms with Gasteiger partial charge >= 0.3 is 0 Å². The number of benzene rings is 1. The Morgan fingerprint density at radius 2 is 1.96 bits per heavy atom. The third kappa shape index (κ3) is 3.21. The van der Waals surface area contributed by atoms with E-state index in [0.717, 1.165) is 24.8 Å². The smallest absolute Gasteiger partial charge is 0.257 e. The van der Waals surface area contributed by atoms with E-state index in [9.17, 15) is 4.79 Å². The minimum absolute atomic E-state index is 0.0571. The minimum atomic E-state index is 0.0571.